The third-order valence-electron chi connectivity index (χ3n) is 4.10. The molecule has 1 aliphatic rings. The number of nitrogen functional groups attached to an aromatic ring is 1. The topological polar surface area (TPSA) is 55.1 Å². The van der Waals surface area contributed by atoms with Crippen molar-refractivity contribution in [2.75, 3.05) is 12.3 Å². The Morgan fingerprint density at radius 1 is 1.32 bits per heavy atom. The number of nitrogens with one attached hydrogen (secondary N) is 1. The van der Waals surface area contributed by atoms with Gasteiger partial charge in [-0.2, -0.15) is 0 Å². The average Bonchev–Trinajstić information content (AvgIpc) is 2.43. The number of carbonyl (C=O) groups is 1. The summed E-state index contributed by atoms with van der Waals surface area (Å²) in [5.41, 5.74) is 8.18. The Balaban J connectivity index is 1.78. The summed E-state index contributed by atoms with van der Waals surface area (Å²) < 4.78 is 0. The molecule has 3 N–H and O–H groups in total. The summed E-state index contributed by atoms with van der Waals surface area (Å²) in [4.78, 5) is 12.0. The minimum Gasteiger partial charge on any atom is -0.398 e. The minimum absolute atomic E-state index is 0.0116. The first-order valence-electron chi connectivity index (χ1n) is 7.31. The van der Waals surface area contributed by atoms with Crippen molar-refractivity contribution in [1.29, 1.82) is 0 Å². The van der Waals surface area contributed by atoms with Crippen molar-refractivity contribution >= 4 is 11.6 Å². The molecule has 104 valence electrons. The van der Waals surface area contributed by atoms with Gasteiger partial charge in [0.1, 0.15) is 0 Å². The second kappa shape index (κ2) is 6.60. The second-order valence-corrected chi connectivity index (χ2v) is 5.62. The van der Waals surface area contributed by atoms with Gasteiger partial charge in [-0.25, -0.2) is 0 Å². The van der Waals surface area contributed by atoms with Gasteiger partial charge in [0.25, 0.3) is 5.91 Å². The fourth-order valence-electron chi connectivity index (χ4n) is 2.75. The predicted molar refractivity (Wildman–Crippen MR) is 79.1 cm³/mol. The molecular formula is C16H24N2O. The average molecular weight is 260 g/mol. The normalized spacial score (nSPS) is 16.3. The number of amides is 1. The van der Waals surface area contributed by atoms with Gasteiger partial charge in [0.15, 0.2) is 0 Å². The second-order valence-electron chi connectivity index (χ2n) is 5.62. The summed E-state index contributed by atoms with van der Waals surface area (Å²) in [5.74, 6) is 0.791. The zero-order valence-corrected chi connectivity index (χ0v) is 11.7. The summed E-state index contributed by atoms with van der Waals surface area (Å²) in [7, 11) is 0. The number of hydrogen-bond acceptors (Lipinski definition) is 2. The smallest absolute Gasteiger partial charge is 0.251 e. The Kier molecular flexibility index (Phi) is 4.83. The molecule has 3 heteroatoms. The molecule has 2 rings (SSSR count). The first kappa shape index (κ1) is 13.9. The molecule has 1 aliphatic carbocycles. The molecule has 1 amide bonds. The lowest BCUT2D eigenvalue weighted by atomic mass is 9.87. The van der Waals surface area contributed by atoms with E-state index in [1.165, 1.54) is 32.1 Å². The molecule has 0 bridgehead atoms. The van der Waals surface area contributed by atoms with Crippen molar-refractivity contribution in [3.8, 4) is 0 Å². The van der Waals surface area contributed by atoms with Crippen LogP contribution in [0.5, 0.6) is 0 Å². The Hall–Kier alpha value is -1.51. The standard InChI is InChI=1S/C16H24N2O/c1-12-7-8-14(11-15(12)17)16(19)18-10-9-13-5-3-2-4-6-13/h7-8,11,13H,2-6,9-10,17H2,1H3,(H,18,19). The molecule has 0 aliphatic heterocycles. The fraction of sp³-hybridized carbons (Fsp3) is 0.562. The Morgan fingerprint density at radius 3 is 2.74 bits per heavy atom. The largest absolute Gasteiger partial charge is 0.398 e. The van der Waals surface area contributed by atoms with Gasteiger partial charge < -0.3 is 11.1 Å². The van der Waals surface area contributed by atoms with Crippen LogP contribution >= 0.6 is 0 Å². The minimum atomic E-state index is -0.0116. The molecule has 1 aromatic rings. The van der Waals surface area contributed by atoms with Gasteiger partial charge in [-0.3, -0.25) is 4.79 Å². The van der Waals surface area contributed by atoms with Gasteiger partial charge in [-0.1, -0.05) is 38.2 Å². The maximum Gasteiger partial charge on any atom is 0.251 e. The first-order chi connectivity index (χ1) is 9.16. The van der Waals surface area contributed by atoms with Crippen LogP contribution in [0.25, 0.3) is 0 Å². The van der Waals surface area contributed by atoms with E-state index >= 15 is 0 Å². The van der Waals surface area contributed by atoms with Crippen molar-refractivity contribution in [3.63, 3.8) is 0 Å². The van der Waals surface area contributed by atoms with Gasteiger partial charge in [-0.05, 0) is 37.0 Å². The number of carbonyl (C=O) groups excluding carboxylic acids is 1. The van der Waals surface area contributed by atoms with E-state index in [2.05, 4.69) is 5.32 Å². The SMILES string of the molecule is Cc1ccc(C(=O)NCCC2CCCCC2)cc1N. The third kappa shape index (κ3) is 3.98. The molecule has 0 radical (unpaired) electrons. The summed E-state index contributed by atoms with van der Waals surface area (Å²) >= 11 is 0. The van der Waals surface area contributed by atoms with Gasteiger partial charge in [-0.15, -0.1) is 0 Å². The van der Waals surface area contributed by atoms with Gasteiger partial charge in [0.2, 0.25) is 0 Å². The highest BCUT2D eigenvalue weighted by atomic mass is 16.1. The summed E-state index contributed by atoms with van der Waals surface area (Å²) in [6, 6.07) is 5.48. The summed E-state index contributed by atoms with van der Waals surface area (Å²) in [5, 5.41) is 3.00. The maximum absolute atomic E-state index is 12.0. The molecule has 0 spiro atoms. The Morgan fingerprint density at radius 2 is 2.05 bits per heavy atom. The van der Waals surface area contributed by atoms with E-state index in [9.17, 15) is 4.79 Å². The monoisotopic (exact) mass is 260 g/mol. The molecule has 1 fully saturated rings. The highest BCUT2D eigenvalue weighted by molar-refractivity contribution is 5.95. The Labute approximate surface area is 115 Å². The first-order valence-corrected chi connectivity index (χ1v) is 7.31. The maximum atomic E-state index is 12.0. The summed E-state index contributed by atoms with van der Waals surface area (Å²) in [6.45, 7) is 2.72. The van der Waals surface area contributed by atoms with Gasteiger partial charge in [0, 0.05) is 17.8 Å². The zero-order chi connectivity index (χ0) is 13.7. The van der Waals surface area contributed by atoms with Crippen LogP contribution in [0.3, 0.4) is 0 Å². The number of benzene rings is 1. The van der Waals surface area contributed by atoms with E-state index in [1.54, 1.807) is 6.07 Å². The number of hydrogen-bond donors (Lipinski definition) is 2. The summed E-state index contributed by atoms with van der Waals surface area (Å²) in [6.07, 6.45) is 7.85. The van der Waals surface area contributed by atoms with Crippen LogP contribution in [0.1, 0.15) is 54.4 Å². The lowest BCUT2D eigenvalue weighted by Crippen LogP contribution is -2.26. The van der Waals surface area contributed by atoms with Crippen LogP contribution in [-0.4, -0.2) is 12.5 Å². The van der Waals surface area contributed by atoms with Crippen molar-refractivity contribution in [1.82, 2.24) is 5.32 Å². The lowest BCUT2D eigenvalue weighted by molar-refractivity contribution is 0.0950. The van der Waals surface area contributed by atoms with E-state index in [-0.39, 0.29) is 5.91 Å². The van der Waals surface area contributed by atoms with Crippen molar-refractivity contribution < 1.29 is 4.79 Å². The van der Waals surface area contributed by atoms with Crippen molar-refractivity contribution in [3.05, 3.63) is 29.3 Å². The van der Waals surface area contributed by atoms with E-state index in [4.69, 9.17) is 5.73 Å². The van der Waals surface area contributed by atoms with Crippen LogP contribution < -0.4 is 11.1 Å². The van der Waals surface area contributed by atoms with E-state index in [0.717, 1.165) is 24.4 Å². The molecule has 0 aromatic heterocycles. The zero-order valence-electron chi connectivity index (χ0n) is 11.7. The molecule has 1 aromatic carbocycles. The van der Waals surface area contributed by atoms with Gasteiger partial charge >= 0.3 is 0 Å². The molecule has 3 nitrogen and oxygen atoms in total. The van der Waals surface area contributed by atoms with Crippen molar-refractivity contribution in [2.45, 2.75) is 45.4 Å². The van der Waals surface area contributed by atoms with Crippen molar-refractivity contribution in [2.24, 2.45) is 5.92 Å². The lowest BCUT2D eigenvalue weighted by Gasteiger charge is -2.21. The quantitative estimate of drug-likeness (QED) is 0.816. The molecule has 19 heavy (non-hydrogen) atoms. The fourth-order valence-corrected chi connectivity index (χ4v) is 2.75. The third-order valence-corrected chi connectivity index (χ3v) is 4.10. The highest BCUT2D eigenvalue weighted by Crippen LogP contribution is 2.25. The number of rotatable bonds is 4. The van der Waals surface area contributed by atoms with Crippen LogP contribution in [0, 0.1) is 12.8 Å². The van der Waals surface area contributed by atoms with E-state index < -0.39 is 0 Å². The van der Waals surface area contributed by atoms with Crippen LogP contribution in [-0.2, 0) is 0 Å². The molecule has 0 saturated heterocycles. The molecule has 0 unspecified atom stereocenters. The highest BCUT2D eigenvalue weighted by Gasteiger charge is 2.13. The Bertz CT molecular complexity index is 436. The molecule has 0 heterocycles. The van der Waals surface area contributed by atoms with E-state index in [0.29, 0.717) is 11.3 Å². The number of aryl methyl sites for hydroxylation is 1. The number of nitrogens with two attached hydrogens (primary N) is 1. The molecule has 1 saturated carbocycles. The van der Waals surface area contributed by atoms with E-state index in [1.807, 2.05) is 19.1 Å². The number of anilines is 1. The van der Waals surface area contributed by atoms with Crippen LogP contribution in [0.15, 0.2) is 18.2 Å². The molecule has 0 atom stereocenters. The predicted octanol–water partition coefficient (Wildman–Crippen LogP) is 3.28. The van der Waals surface area contributed by atoms with Crippen LogP contribution in [0.2, 0.25) is 0 Å². The molecular weight excluding hydrogens is 236 g/mol. The van der Waals surface area contributed by atoms with Gasteiger partial charge in [0.05, 0.1) is 0 Å². The van der Waals surface area contributed by atoms with Crippen LogP contribution in [0.4, 0.5) is 5.69 Å².